The average molecular weight is 213 g/mol. The van der Waals surface area contributed by atoms with Gasteiger partial charge in [-0.1, -0.05) is 17.7 Å². The summed E-state index contributed by atoms with van der Waals surface area (Å²) in [7, 11) is -1.90. The van der Waals surface area contributed by atoms with Gasteiger partial charge < -0.3 is 0 Å². The third-order valence-corrected chi connectivity index (χ3v) is 3.86. The van der Waals surface area contributed by atoms with Crippen LogP contribution in [0, 0.1) is 20.8 Å². The molecule has 78 valence electrons. The quantitative estimate of drug-likeness (QED) is 0.809. The molecular formula is C10H15NO2S. The highest BCUT2D eigenvalue weighted by molar-refractivity contribution is 7.89. The molecule has 0 saturated heterocycles. The molecule has 0 unspecified atom stereocenters. The fourth-order valence-corrected chi connectivity index (χ4v) is 2.86. The molecule has 0 aliphatic heterocycles. The number of hydrogen-bond donors (Lipinski definition) is 1. The highest BCUT2D eigenvalue weighted by Crippen LogP contribution is 2.20. The monoisotopic (exact) mass is 213 g/mol. The number of sulfonamides is 1. The summed E-state index contributed by atoms with van der Waals surface area (Å²) in [6.07, 6.45) is 0. The van der Waals surface area contributed by atoms with Crippen molar-refractivity contribution in [1.82, 2.24) is 4.72 Å². The van der Waals surface area contributed by atoms with Gasteiger partial charge in [0.25, 0.3) is 0 Å². The normalized spacial score (nSPS) is 11.7. The van der Waals surface area contributed by atoms with Gasteiger partial charge in [-0.25, -0.2) is 13.1 Å². The van der Waals surface area contributed by atoms with Crippen LogP contribution in [0.4, 0.5) is 0 Å². The molecule has 0 heterocycles. The van der Waals surface area contributed by atoms with E-state index in [1.54, 1.807) is 0 Å². The summed E-state index contributed by atoms with van der Waals surface area (Å²) < 4.78 is 25.6. The molecule has 14 heavy (non-hydrogen) atoms. The topological polar surface area (TPSA) is 46.2 Å². The van der Waals surface area contributed by atoms with E-state index in [9.17, 15) is 8.42 Å². The van der Waals surface area contributed by atoms with E-state index < -0.39 is 10.0 Å². The lowest BCUT2D eigenvalue weighted by Crippen LogP contribution is -2.20. The van der Waals surface area contributed by atoms with Crippen LogP contribution in [0.3, 0.4) is 0 Å². The molecule has 0 atom stereocenters. The van der Waals surface area contributed by atoms with E-state index in [4.69, 9.17) is 0 Å². The third-order valence-electron chi connectivity index (χ3n) is 2.14. The molecular weight excluding hydrogens is 198 g/mol. The van der Waals surface area contributed by atoms with E-state index >= 15 is 0 Å². The molecule has 0 fully saturated rings. The van der Waals surface area contributed by atoms with Crippen molar-refractivity contribution in [1.29, 1.82) is 0 Å². The van der Waals surface area contributed by atoms with Crippen LogP contribution in [0.25, 0.3) is 0 Å². The zero-order chi connectivity index (χ0) is 10.9. The molecule has 0 aliphatic carbocycles. The van der Waals surface area contributed by atoms with Crippen molar-refractivity contribution in [3.63, 3.8) is 0 Å². The number of benzene rings is 1. The maximum atomic E-state index is 11.6. The van der Waals surface area contributed by atoms with Crippen molar-refractivity contribution in [2.45, 2.75) is 25.7 Å². The zero-order valence-electron chi connectivity index (χ0n) is 8.88. The van der Waals surface area contributed by atoms with Crippen LogP contribution in [0.2, 0.25) is 0 Å². The SMILES string of the molecule is CNS(=O)(=O)c1c(C)cc(C)cc1C. The Morgan fingerprint density at radius 1 is 1.07 bits per heavy atom. The van der Waals surface area contributed by atoms with E-state index in [0.717, 1.165) is 16.7 Å². The van der Waals surface area contributed by atoms with Gasteiger partial charge in [0.1, 0.15) is 0 Å². The lowest BCUT2D eigenvalue weighted by Gasteiger charge is -2.10. The molecule has 1 rings (SSSR count). The van der Waals surface area contributed by atoms with Crippen molar-refractivity contribution in [3.05, 3.63) is 28.8 Å². The van der Waals surface area contributed by atoms with Crippen LogP contribution in [-0.4, -0.2) is 15.5 Å². The Bertz CT molecular complexity index is 426. The minimum Gasteiger partial charge on any atom is -0.214 e. The molecule has 3 nitrogen and oxygen atoms in total. The number of nitrogens with one attached hydrogen (secondary N) is 1. The highest BCUT2D eigenvalue weighted by Gasteiger charge is 2.17. The third kappa shape index (κ3) is 1.96. The van der Waals surface area contributed by atoms with Crippen molar-refractivity contribution >= 4 is 10.0 Å². The number of rotatable bonds is 2. The van der Waals surface area contributed by atoms with Crippen LogP contribution in [0.5, 0.6) is 0 Å². The van der Waals surface area contributed by atoms with Gasteiger partial charge in [0.05, 0.1) is 4.90 Å². The Hall–Kier alpha value is -0.870. The first kappa shape index (κ1) is 11.2. The molecule has 1 aromatic rings. The van der Waals surface area contributed by atoms with Gasteiger partial charge in [-0.2, -0.15) is 0 Å². The summed E-state index contributed by atoms with van der Waals surface area (Å²) >= 11 is 0. The van der Waals surface area contributed by atoms with Gasteiger partial charge >= 0.3 is 0 Å². The van der Waals surface area contributed by atoms with Gasteiger partial charge in [0, 0.05) is 0 Å². The Kier molecular flexibility index (Phi) is 2.97. The summed E-state index contributed by atoms with van der Waals surface area (Å²) in [6.45, 7) is 5.57. The van der Waals surface area contributed by atoms with E-state index in [0.29, 0.717) is 4.90 Å². The van der Waals surface area contributed by atoms with Crippen molar-refractivity contribution in [2.75, 3.05) is 7.05 Å². The zero-order valence-corrected chi connectivity index (χ0v) is 9.70. The second-order valence-electron chi connectivity index (χ2n) is 3.44. The minimum absolute atomic E-state index is 0.394. The predicted molar refractivity (Wildman–Crippen MR) is 56.9 cm³/mol. The van der Waals surface area contributed by atoms with Crippen LogP contribution in [0.15, 0.2) is 17.0 Å². The first-order valence-corrected chi connectivity index (χ1v) is 5.88. The summed E-state index contributed by atoms with van der Waals surface area (Å²) in [5, 5.41) is 0. The Balaban J connectivity index is 3.51. The Labute approximate surface area is 85.2 Å². The molecule has 0 spiro atoms. The summed E-state index contributed by atoms with van der Waals surface area (Å²) in [4.78, 5) is 0.394. The van der Waals surface area contributed by atoms with Gasteiger partial charge in [-0.3, -0.25) is 0 Å². The standard InChI is InChI=1S/C10H15NO2S/c1-7-5-8(2)10(9(3)6-7)14(12,13)11-4/h5-6,11H,1-4H3. The summed E-state index contributed by atoms with van der Waals surface area (Å²) in [5.41, 5.74) is 2.66. The molecule has 1 N–H and O–H groups in total. The van der Waals surface area contributed by atoms with Gasteiger partial charge in [-0.15, -0.1) is 0 Å². The molecule has 0 aromatic heterocycles. The molecule has 0 aliphatic rings. The minimum atomic E-state index is -3.33. The molecule has 0 bridgehead atoms. The van der Waals surface area contributed by atoms with Crippen LogP contribution < -0.4 is 4.72 Å². The van der Waals surface area contributed by atoms with E-state index in [1.165, 1.54) is 7.05 Å². The Morgan fingerprint density at radius 3 is 1.86 bits per heavy atom. The van der Waals surface area contributed by atoms with Gasteiger partial charge in [0.15, 0.2) is 0 Å². The van der Waals surface area contributed by atoms with Crippen LogP contribution >= 0.6 is 0 Å². The second-order valence-corrected chi connectivity index (χ2v) is 5.26. The molecule has 1 aromatic carbocycles. The first-order chi connectivity index (χ1) is 6.38. The van der Waals surface area contributed by atoms with Gasteiger partial charge in [0.2, 0.25) is 10.0 Å². The molecule has 0 amide bonds. The average Bonchev–Trinajstić information content (AvgIpc) is 2.01. The van der Waals surface area contributed by atoms with Crippen molar-refractivity contribution in [2.24, 2.45) is 0 Å². The maximum absolute atomic E-state index is 11.6. The van der Waals surface area contributed by atoms with Crippen LogP contribution in [0.1, 0.15) is 16.7 Å². The van der Waals surface area contributed by atoms with Gasteiger partial charge in [-0.05, 0) is 38.9 Å². The lowest BCUT2D eigenvalue weighted by atomic mass is 10.1. The number of aryl methyl sites for hydroxylation is 3. The smallest absolute Gasteiger partial charge is 0.214 e. The first-order valence-electron chi connectivity index (χ1n) is 4.40. The van der Waals surface area contributed by atoms with Crippen molar-refractivity contribution < 1.29 is 8.42 Å². The molecule has 0 radical (unpaired) electrons. The summed E-state index contributed by atoms with van der Waals surface area (Å²) in [6, 6.07) is 3.74. The Morgan fingerprint density at radius 2 is 1.50 bits per heavy atom. The predicted octanol–water partition coefficient (Wildman–Crippen LogP) is 1.52. The van der Waals surface area contributed by atoms with E-state index in [-0.39, 0.29) is 0 Å². The lowest BCUT2D eigenvalue weighted by molar-refractivity contribution is 0.587. The van der Waals surface area contributed by atoms with Crippen LogP contribution in [-0.2, 0) is 10.0 Å². The highest BCUT2D eigenvalue weighted by atomic mass is 32.2. The van der Waals surface area contributed by atoms with E-state index in [1.807, 2.05) is 32.9 Å². The number of hydrogen-bond acceptors (Lipinski definition) is 2. The second kappa shape index (κ2) is 3.71. The molecule has 0 saturated carbocycles. The fraction of sp³-hybridized carbons (Fsp3) is 0.400. The largest absolute Gasteiger partial charge is 0.240 e. The maximum Gasteiger partial charge on any atom is 0.240 e. The van der Waals surface area contributed by atoms with E-state index in [2.05, 4.69) is 4.72 Å². The summed E-state index contributed by atoms with van der Waals surface area (Å²) in [5.74, 6) is 0. The fourth-order valence-electron chi connectivity index (χ4n) is 1.69. The van der Waals surface area contributed by atoms with Crippen molar-refractivity contribution in [3.8, 4) is 0 Å². The molecule has 4 heteroatoms.